The molecule has 0 radical (unpaired) electrons. The van der Waals surface area contributed by atoms with Gasteiger partial charge in [-0.1, -0.05) is 111 Å². The molecule has 0 spiro atoms. The second-order valence-electron chi connectivity index (χ2n) is 8.18. The number of unbranched alkanes of at least 4 members (excludes halogenated alkanes) is 13. The minimum atomic E-state index is -0.934. The van der Waals surface area contributed by atoms with Crippen molar-refractivity contribution in [2.24, 2.45) is 11.7 Å². The van der Waals surface area contributed by atoms with Gasteiger partial charge in [0.15, 0.2) is 0 Å². The number of primary amides is 1. The molecule has 0 bridgehead atoms. The zero-order chi connectivity index (χ0) is 20.3. The average Bonchev–Trinajstić information content (AvgIpc) is 2.64. The summed E-state index contributed by atoms with van der Waals surface area (Å²) in [4.78, 5) is 11.7. The smallest absolute Gasteiger partial charge is 0.221 e. The zero-order valence-electron chi connectivity index (χ0n) is 18.5. The minimum Gasteiger partial charge on any atom is -0.369 e. The van der Waals surface area contributed by atoms with Crippen molar-refractivity contribution in [1.82, 2.24) is 0 Å². The van der Waals surface area contributed by atoms with Crippen molar-refractivity contribution < 1.29 is 9.00 Å². The molecule has 3 nitrogen and oxygen atoms in total. The molecule has 162 valence electrons. The van der Waals surface area contributed by atoms with E-state index in [1.54, 1.807) is 0 Å². The topological polar surface area (TPSA) is 60.2 Å². The van der Waals surface area contributed by atoms with Gasteiger partial charge in [0.25, 0.3) is 0 Å². The van der Waals surface area contributed by atoms with E-state index in [1.807, 2.05) is 13.8 Å². The van der Waals surface area contributed by atoms with Crippen molar-refractivity contribution in [1.29, 1.82) is 0 Å². The molecule has 0 fully saturated rings. The second kappa shape index (κ2) is 19.0. The fraction of sp³-hybridized carbons (Fsp3) is 0.957. The van der Waals surface area contributed by atoms with Gasteiger partial charge in [0.05, 0.1) is 5.92 Å². The van der Waals surface area contributed by atoms with Crippen LogP contribution < -0.4 is 5.73 Å². The van der Waals surface area contributed by atoms with Gasteiger partial charge < -0.3 is 5.73 Å². The maximum absolute atomic E-state index is 12.1. The highest BCUT2D eigenvalue weighted by Gasteiger charge is 2.26. The fourth-order valence-corrected chi connectivity index (χ4v) is 5.15. The molecule has 27 heavy (non-hydrogen) atoms. The molecule has 0 aromatic carbocycles. The van der Waals surface area contributed by atoms with Crippen LogP contribution in [-0.2, 0) is 15.6 Å². The van der Waals surface area contributed by atoms with Gasteiger partial charge in [-0.2, -0.15) is 0 Å². The Kier molecular flexibility index (Phi) is 18.7. The molecule has 4 heteroatoms. The Labute approximate surface area is 172 Å². The molecule has 0 saturated carbocycles. The van der Waals surface area contributed by atoms with Gasteiger partial charge in [0.1, 0.15) is 0 Å². The van der Waals surface area contributed by atoms with Crippen molar-refractivity contribution in [3.05, 3.63) is 0 Å². The number of amides is 1. The lowest BCUT2D eigenvalue weighted by atomic mass is 9.96. The Balaban J connectivity index is 3.58. The first kappa shape index (κ1) is 26.6. The van der Waals surface area contributed by atoms with Gasteiger partial charge in [-0.15, -0.1) is 0 Å². The van der Waals surface area contributed by atoms with Crippen molar-refractivity contribution >= 4 is 16.7 Å². The Morgan fingerprint density at radius 1 is 0.741 bits per heavy atom. The highest BCUT2D eigenvalue weighted by atomic mass is 32.2. The fourth-order valence-electron chi connectivity index (χ4n) is 3.74. The molecule has 0 aliphatic heterocycles. The summed E-state index contributed by atoms with van der Waals surface area (Å²) in [5, 5.41) is -0.107. The van der Waals surface area contributed by atoms with Gasteiger partial charge in [0.2, 0.25) is 5.91 Å². The molecule has 0 aliphatic rings. The van der Waals surface area contributed by atoms with E-state index in [2.05, 4.69) is 6.92 Å². The molecule has 0 saturated heterocycles. The summed E-state index contributed by atoms with van der Waals surface area (Å²) in [7, 11) is -0.934. The van der Waals surface area contributed by atoms with Crippen molar-refractivity contribution in [3.8, 4) is 0 Å². The molecule has 0 aliphatic carbocycles. The molecule has 3 unspecified atom stereocenters. The Morgan fingerprint density at radius 2 is 1.15 bits per heavy atom. The summed E-state index contributed by atoms with van der Waals surface area (Å²) < 4.78 is 12.1. The first-order valence-corrected chi connectivity index (χ1v) is 13.1. The predicted molar refractivity (Wildman–Crippen MR) is 120 cm³/mol. The molecule has 2 N–H and O–H groups in total. The monoisotopic (exact) mass is 401 g/mol. The maximum Gasteiger partial charge on any atom is 0.221 e. The summed E-state index contributed by atoms with van der Waals surface area (Å²) in [6.07, 6.45) is 20.3. The molecular formula is C23H47NO2S. The molecule has 0 rings (SSSR count). The van der Waals surface area contributed by atoms with Crippen LogP contribution in [0.4, 0.5) is 0 Å². The Bertz CT molecular complexity index is 373. The van der Waals surface area contributed by atoms with Gasteiger partial charge in [0, 0.05) is 21.8 Å². The van der Waals surface area contributed by atoms with Gasteiger partial charge in [-0.3, -0.25) is 9.00 Å². The van der Waals surface area contributed by atoms with Crippen LogP contribution in [0, 0.1) is 5.92 Å². The van der Waals surface area contributed by atoms with Crippen LogP contribution in [-0.4, -0.2) is 21.1 Å². The highest BCUT2D eigenvalue weighted by molar-refractivity contribution is 7.85. The third kappa shape index (κ3) is 15.2. The lowest BCUT2D eigenvalue weighted by Gasteiger charge is -2.20. The summed E-state index contributed by atoms with van der Waals surface area (Å²) in [5.41, 5.74) is 5.55. The van der Waals surface area contributed by atoms with E-state index in [0.717, 1.165) is 25.7 Å². The van der Waals surface area contributed by atoms with Crippen LogP contribution >= 0.6 is 0 Å². The number of hydrogen-bond acceptors (Lipinski definition) is 2. The van der Waals surface area contributed by atoms with E-state index >= 15 is 0 Å². The number of rotatable bonds is 20. The Morgan fingerprint density at radius 3 is 1.52 bits per heavy atom. The summed E-state index contributed by atoms with van der Waals surface area (Å²) in [6.45, 7) is 6.22. The lowest BCUT2D eigenvalue weighted by molar-refractivity contribution is -0.121. The summed E-state index contributed by atoms with van der Waals surface area (Å²) in [6, 6.07) is 0. The zero-order valence-corrected chi connectivity index (χ0v) is 19.3. The SMILES string of the molecule is CCCCCCCCCCCCCCCCC(C(N)=O)C(C)S(=O)CCC. The predicted octanol–water partition coefficient (Wildman–Crippen LogP) is 6.51. The summed E-state index contributed by atoms with van der Waals surface area (Å²) in [5.74, 6) is 0.167. The lowest BCUT2D eigenvalue weighted by Crippen LogP contribution is -2.35. The van der Waals surface area contributed by atoms with Crippen molar-refractivity contribution in [2.45, 2.75) is 129 Å². The van der Waals surface area contributed by atoms with Gasteiger partial charge >= 0.3 is 0 Å². The molecule has 1 amide bonds. The van der Waals surface area contributed by atoms with E-state index in [-0.39, 0.29) is 17.1 Å². The second-order valence-corrected chi connectivity index (χ2v) is 10.1. The van der Waals surface area contributed by atoms with Crippen LogP contribution in [0.5, 0.6) is 0 Å². The first-order chi connectivity index (χ1) is 13.0. The molecule has 3 atom stereocenters. The van der Waals surface area contributed by atoms with Gasteiger partial charge in [-0.25, -0.2) is 0 Å². The van der Waals surface area contributed by atoms with E-state index in [1.165, 1.54) is 77.0 Å². The van der Waals surface area contributed by atoms with Crippen LogP contribution in [0.25, 0.3) is 0 Å². The number of carbonyl (C=O) groups is 1. The molecule has 0 heterocycles. The number of nitrogens with two attached hydrogens (primary N) is 1. The van der Waals surface area contributed by atoms with Crippen LogP contribution in [0.15, 0.2) is 0 Å². The minimum absolute atomic E-state index is 0.107. The van der Waals surface area contributed by atoms with Crippen LogP contribution in [0.1, 0.15) is 124 Å². The normalized spacial score (nSPS) is 14.8. The summed E-state index contributed by atoms with van der Waals surface area (Å²) >= 11 is 0. The van der Waals surface area contributed by atoms with E-state index in [4.69, 9.17) is 5.73 Å². The quantitative estimate of drug-likeness (QED) is 0.236. The highest BCUT2D eigenvalue weighted by Crippen LogP contribution is 2.20. The Hall–Kier alpha value is -0.380. The van der Waals surface area contributed by atoms with Crippen molar-refractivity contribution in [2.75, 3.05) is 5.75 Å². The number of hydrogen-bond donors (Lipinski definition) is 1. The maximum atomic E-state index is 12.1. The average molecular weight is 402 g/mol. The van der Waals surface area contributed by atoms with Crippen LogP contribution in [0.3, 0.4) is 0 Å². The molecule has 0 aromatic rings. The van der Waals surface area contributed by atoms with E-state index in [9.17, 15) is 9.00 Å². The van der Waals surface area contributed by atoms with Crippen molar-refractivity contribution in [3.63, 3.8) is 0 Å². The molecule has 0 aromatic heterocycles. The van der Waals surface area contributed by atoms with Gasteiger partial charge in [-0.05, 0) is 12.8 Å². The third-order valence-electron chi connectivity index (χ3n) is 5.62. The van der Waals surface area contributed by atoms with E-state index in [0.29, 0.717) is 5.75 Å². The van der Waals surface area contributed by atoms with E-state index < -0.39 is 10.8 Å². The first-order valence-electron chi connectivity index (χ1n) is 11.7. The third-order valence-corrected chi connectivity index (χ3v) is 7.59. The standard InChI is InChI=1S/C23H47NO2S/c1-4-6-7-8-9-10-11-12-13-14-15-16-17-18-19-22(23(24)25)21(3)27(26)20-5-2/h21-22H,4-20H2,1-3H3,(H2,24,25). The number of carbonyl (C=O) groups excluding carboxylic acids is 1. The molecular weight excluding hydrogens is 354 g/mol. The van der Waals surface area contributed by atoms with Crippen LogP contribution in [0.2, 0.25) is 0 Å². The largest absolute Gasteiger partial charge is 0.369 e.